The number of para-hydroxylation sites is 1. The lowest BCUT2D eigenvalue weighted by molar-refractivity contribution is -0.139. The van der Waals surface area contributed by atoms with Crippen LogP contribution in [-0.2, 0) is 19.2 Å². The number of amides is 3. The van der Waals surface area contributed by atoms with Crippen LogP contribution < -0.4 is 14.5 Å². The Kier molecular flexibility index (Phi) is 6.97. The molecule has 1 saturated carbocycles. The van der Waals surface area contributed by atoms with Gasteiger partial charge >= 0.3 is 5.97 Å². The highest BCUT2D eigenvalue weighted by atomic mass is 35.5. The lowest BCUT2D eigenvalue weighted by Gasteiger charge is -2.34. The minimum atomic E-state index is -2.02. The second-order valence-corrected chi connectivity index (χ2v) is 14.4. The largest absolute Gasteiger partial charge is 0.426 e. The van der Waals surface area contributed by atoms with Crippen LogP contribution in [0.1, 0.15) is 23.1 Å². The summed E-state index contributed by atoms with van der Waals surface area (Å²) in [6, 6.07) is 10.2. The molecule has 2 heterocycles. The summed E-state index contributed by atoms with van der Waals surface area (Å²) in [5, 5.41) is -0.341. The third kappa shape index (κ3) is 3.67. The van der Waals surface area contributed by atoms with E-state index in [2.05, 4.69) is 0 Å². The number of benzene rings is 2. The number of aryl methyl sites for hydroxylation is 3. The number of carbonyl (C=O) groups is 4. The highest BCUT2D eigenvalue weighted by Gasteiger charge is 2.87. The van der Waals surface area contributed by atoms with Crippen LogP contribution in [0.15, 0.2) is 46.5 Å². The van der Waals surface area contributed by atoms with Crippen LogP contribution in [0.2, 0.25) is 0 Å². The van der Waals surface area contributed by atoms with E-state index in [1.165, 1.54) is 18.2 Å². The number of hydrogen-bond acceptors (Lipinski definition) is 5. The topological polar surface area (TPSA) is 84.0 Å². The van der Waals surface area contributed by atoms with Gasteiger partial charge in [0.2, 0.25) is 17.7 Å². The van der Waals surface area contributed by atoms with Gasteiger partial charge < -0.3 is 9.64 Å². The number of allylic oxidation sites excluding steroid dienone is 2. The molecule has 0 spiro atoms. The van der Waals surface area contributed by atoms with Gasteiger partial charge in [-0.3, -0.25) is 19.2 Å². The fourth-order valence-corrected chi connectivity index (χ4v) is 9.62. The molecule has 2 aromatic rings. The zero-order valence-corrected chi connectivity index (χ0v) is 26.8. The number of halogens is 6. The van der Waals surface area contributed by atoms with Crippen molar-refractivity contribution in [2.75, 3.05) is 16.3 Å². The molecule has 2 aromatic carbocycles. The maximum absolute atomic E-state index is 13.7. The summed E-state index contributed by atoms with van der Waals surface area (Å²) in [7, 11) is 0. The number of ether oxygens (including phenoxy) is 1. The first-order chi connectivity index (χ1) is 19.6. The maximum atomic E-state index is 13.7. The van der Waals surface area contributed by atoms with Crippen molar-refractivity contribution in [3.8, 4) is 5.75 Å². The van der Waals surface area contributed by atoms with Crippen LogP contribution in [0.3, 0.4) is 0 Å². The summed E-state index contributed by atoms with van der Waals surface area (Å²) in [6.07, 6.45) is 0.0192. The number of alkyl halides is 4. The Balaban J connectivity index is 1.22. The van der Waals surface area contributed by atoms with E-state index >= 15 is 0 Å². The molecular weight excluding hydrogens is 669 g/mol. The van der Waals surface area contributed by atoms with Crippen LogP contribution in [0, 0.1) is 38.5 Å². The molecule has 13 heteroatoms. The predicted octanol–water partition coefficient (Wildman–Crippen LogP) is 6.52. The van der Waals surface area contributed by atoms with Crippen LogP contribution in [0.5, 0.6) is 5.75 Å². The Morgan fingerprint density at radius 1 is 0.857 bits per heavy atom. The van der Waals surface area contributed by atoms with Gasteiger partial charge in [-0.15, -0.1) is 23.2 Å². The van der Waals surface area contributed by atoms with Crippen LogP contribution >= 0.6 is 69.6 Å². The standard InChI is InChI=1S/C29H22Cl6N2O5/c1-12-5-4-6-13(2)21(12)36-11-15(10-18(36)38)26(41)42-16-7-8-17(14(3)9-16)37-24(39)19-20(25(37)40)28(33)23(31)22(30)27(19,32)29(28,34)35/h4-9,15,19-20H,10-11H2,1-3H3/t15-,19+,20+,27-,28-/m1/s1. The summed E-state index contributed by atoms with van der Waals surface area (Å²) in [4.78, 5) is 52.0. The molecule has 6 rings (SSSR count). The second kappa shape index (κ2) is 9.75. The normalized spacial score (nSPS) is 31.5. The fraction of sp³-hybridized carbons (Fsp3) is 0.379. The highest BCUT2D eigenvalue weighted by molar-refractivity contribution is 6.67. The molecule has 7 nitrogen and oxygen atoms in total. The Labute approximate surface area is 271 Å². The van der Waals surface area contributed by atoms with Crippen molar-refractivity contribution < 1.29 is 23.9 Å². The van der Waals surface area contributed by atoms with E-state index in [1.54, 1.807) is 11.8 Å². The van der Waals surface area contributed by atoms with Gasteiger partial charge in [-0.05, 0) is 55.7 Å². The van der Waals surface area contributed by atoms with Gasteiger partial charge in [0.15, 0.2) is 4.33 Å². The summed E-state index contributed by atoms with van der Waals surface area (Å²) in [5.41, 5.74) is 3.37. The van der Waals surface area contributed by atoms with Gasteiger partial charge in [0.25, 0.3) is 0 Å². The highest BCUT2D eigenvalue weighted by Crippen LogP contribution is 2.77. The molecule has 0 N–H and O–H groups in total. The molecule has 0 unspecified atom stereocenters. The maximum Gasteiger partial charge on any atom is 0.316 e. The van der Waals surface area contributed by atoms with Crippen molar-refractivity contribution in [2.24, 2.45) is 17.8 Å². The molecule has 2 aliphatic heterocycles. The lowest BCUT2D eigenvalue weighted by atomic mass is 9.84. The Morgan fingerprint density at radius 2 is 1.40 bits per heavy atom. The molecule has 2 saturated heterocycles. The molecule has 0 radical (unpaired) electrons. The molecular formula is C29H22Cl6N2O5. The van der Waals surface area contributed by atoms with Crippen molar-refractivity contribution in [3.63, 3.8) is 0 Å². The van der Waals surface area contributed by atoms with Crippen molar-refractivity contribution in [2.45, 2.75) is 41.3 Å². The quantitative estimate of drug-likeness (QED) is 0.158. The average molecular weight is 691 g/mol. The van der Waals surface area contributed by atoms with Crippen molar-refractivity contribution >= 4 is 105 Å². The Morgan fingerprint density at radius 3 is 1.93 bits per heavy atom. The number of carbonyl (C=O) groups excluding carboxylic acids is 4. The fourth-order valence-electron chi connectivity index (χ4n) is 6.69. The van der Waals surface area contributed by atoms with Crippen LogP contribution in [0.25, 0.3) is 0 Å². The average Bonchev–Trinajstić information content (AvgIpc) is 3.50. The number of rotatable bonds is 4. The minimum absolute atomic E-state index is 0.0192. The third-order valence-electron chi connectivity index (χ3n) is 8.70. The molecule has 4 aliphatic rings. The molecule has 42 heavy (non-hydrogen) atoms. The van der Waals surface area contributed by atoms with Crippen molar-refractivity contribution in [1.82, 2.24) is 0 Å². The smallest absolute Gasteiger partial charge is 0.316 e. The number of anilines is 2. The van der Waals surface area contributed by atoms with Crippen LogP contribution in [0.4, 0.5) is 11.4 Å². The first-order valence-corrected chi connectivity index (χ1v) is 15.2. The van der Waals surface area contributed by atoms with Gasteiger partial charge in [0, 0.05) is 18.7 Å². The van der Waals surface area contributed by atoms with Crippen molar-refractivity contribution in [3.05, 3.63) is 63.2 Å². The lowest BCUT2D eigenvalue weighted by Crippen LogP contribution is -2.50. The Bertz CT molecular complexity index is 1590. The van der Waals surface area contributed by atoms with Crippen molar-refractivity contribution in [1.29, 1.82) is 0 Å². The molecule has 3 fully saturated rings. The number of imide groups is 1. The zero-order chi connectivity index (χ0) is 30.7. The molecule has 3 amide bonds. The monoisotopic (exact) mass is 688 g/mol. The number of fused-ring (bicyclic) bond motifs is 5. The molecule has 2 aliphatic carbocycles. The predicted molar refractivity (Wildman–Crippen MR) is 163 cm³/mol. The Hall–Kier alpha value is -2.00. The van der Waals surface area contributed by atoms with E-state index in [4.69, 9.17) is 74.3 Å². The van der Waals surface area contributed by atoms with E-state index < -0.39 is 49.6 Å². The van der Waals surface area contributed by atoms with E-state index in [-0.39, 0.29) is 40.4 Å². The molecule has 220 valence electrons. The first kappa shape index (κ1) is 30.0. The molecule has 0 aromatic heterocycles. The van der Waals surface area contributed by atoms with E-state index in [0.717, 1.165) is 21.7 Å². The van der Waals surface area contributed by atoms with Gasteiger partial charge in [-0.2, -0.15) is 0 Å². The minimum Gasteiger partial charge on any atom is -0.426 e. The van der Waals surface area contributed by atoms with Gasteiger partial charge in [-0.25, -0.2) is 4.90 Å². The SMILES string of the molecule is Cc1cc(OC(=O)[C@@H]2CC(=O)N(c3c(C)cccc3C)C2)ccc1N1C(=O)[C@@H]2[C@@H](C1=O)[C@@]1(Cl)C(Cl)=C(Cl)[C@@]2(Cl)C1(Cl)Cl. The molecule has 2 bridgehead atoms. The van der Waals surface area contributed by atoms with E-state index in [0.29, 0.717) is 5.56 Å². The second-order valence-electron chi connectivity index (χ2n) is 11.1. The summed E-state index contributed by atoms with van der Waals surface area (Å²) < 4.78 is 3.60. The number of nitrogens with zero attached hydrogens (tertiary/aromatic N) is 2. The number of hydrogen-bond donors (Lipinski definition) is 0. The van der Waals surface area contributed by atoms with Gasteiger partial charge in [0.05, 0.1) is 33.5 Å². The molecule has 5 atom stereocenters. The summed E-state index contributed by atoms with van der Waals surface area (Å²) in [5.74, 6) is -5.08. The van der Waals surface area contributed by atoms with E-state index in [1.807, 2.05) is 32.0 Å². The zero-order valence-electron chi connectivity index (χ0n) is 22.3. The van der Waals surface area contributed by atoms with Gasteiger partial charge in [-0.1, -0.05) is 64.6 Å². The van der Waals surface area contributed by atoms with Crippen LogP contribution in [-0.4, -0.2) is 44.3 Å². The van der Waals surface area contributed by atoms with E-state index in [9.17, 15) is 19.2 Å². The van der Waals surface area contributed by atoms with Gasteiger partial charge in [0.1, 0.15) is 15.5 Å². The third-order valence-corrected chi connectivity index (χ3v) is 13.0. The summed E-state index contributed by atoms with van der Waals surface area (Å²) in [6.45, 7) is 5.68. The first-order valence-electron chi connectivity index (χ1n) is 13.0. The summed E-state index contributed by atoms with van der Waals surface area (Å²) >= 11 is 39.4. The number of esters is 1.